The fourth-order valence-corrected chi connectivity index (χ4v) is 14.1. The maximum Gasteiger partial charge on any atom is 0.289 e. The lowest BCUT2D eigenvalue weighted by molar-refractivity contribution is 0.596. The summed E-state index contributed by atoms with van der Waals surface area (Å²) in [5.74, 6) is 0. The van der Waals surface area contributed by atoms with Crippen LogP contribution in [0.15, 0.2) is 56.4 Å². The van der Waals surface area contributed by atoms with Crippen LogP contribution in [-0.2, 0) is 19.8 Å². The maximum absolute atomic E-state index is 14.4. The van der Waals surface area contributed by atoms with Crippen molar-refractivity contribution in [3.8, 4) is 0 Å². The molecule has 0 saturated carbocycles. The number of hydrogen-bond donors (Lipinski definition) is 0. The molecule has 0 saturated heterocycles. The molecule has 0 aliphatic heterocycles. The summed E-state index contributed by atoms with van der Waals surface area (Å²) in [6.45, 7) is 18.4. The normalized spacial score (nSPS) is 20.3. The molecule has 0 heterocycles. The topological polar surface area (TPSA) is 63.6 Å². The van der Waals surface area contributed by atoms with Gasteiger partial charge in [0.1, 0.15) is 0 Å². The Bertz CT molecular complexity index is 1070. The fourth-order valence-electron chi connectivity index (χ4n) is 3.45. The van der Waals surface area contributed by atoms with Crippen LogP contribution < -0.4 is 5.19 Å². The van der Waals surface area contributed by atoms with Crippen LogP contribution in [0.1, 0.15) is 20.8 Å². The lowest BCUT2D eigenvalue weighted by atomic mass is 10.3. The molecule has 8 heteroatoms. The predicted molar refractivity (Wildman–Crippen MR) is 131 cm³/mol. The van der Waals surface area contributed by atoms with Crippen molar-refractivity contribution in [3.63, 3.8) is 0 Å². The van der Waals surface area contributed by atoms with Gasteiger partial charge in [-0.2, -0.15) is 8.42 Å². The molecule has 29 heavy (non-hydrogen) atoms. The first-order valence-corrected chi connectivity index (χ1v) is 19.9. The SMILES string of the molecule is CC(C)(C)S(=O)(=NS(=O)(=O)c1ccccc1[Si](C)(C)C)C1C=CC=C1[Si](C)(C)C. The summed E-state index contributed by atoms with van der Waals surface area (Å²) < 4.78 is 44.9. The average Bonchev–Trinajstić information content (AvgIpc) is 3.03. The van der Waals surface area contributed by atoms with E-state index in [0.29, 0.717) is 0 Å². The van der Waals surface area contributed by atoms with Gasteiger partial charge in [-0.15, -0.1) is 3.77 Å². The quantitative estimate of drug-likeness (QED) is 0.574. The van der Waals surface area contributed by atoms with Gasteiger partial charge in [0.25, 0.3) is 10.0 Å². The van der Waals surface area contributed by atoms with Crippen LogP contribution in [0.5, 0.6) is 0 Å². The van der Waals surface area contributed by atoms with Crippen molar-refractivity contribution >= 4 is 41.1 Å². The van der Waals surface area contributed by atoms with Crippen LogP contribution in [0.25, 0.3) is 0 Å². The van der Waals surface area contributed by atoms with E-state index >= 15 is 0 Å². The van der Waals surface area contributed by atoms with E-state index in [9.17, 15) is 12.6 Å². The third-order valence-corrected chi connectivity index (χ3v) is 15.2. The minimum atomic E-state index is -4.08. The highest BCUT2D eigenvalue weighted by Crippen LogP contribution is 2.37. The third kappa shape index (κ3) is 4.86. The molecule has 0 amide bonds. The van der Waals surface area contributed by atoms with E-state index in [4.69, 9.17) is 0 Å². The Morgan fingerprint density at radius 3 is 1.93 bits per heavy atom. The van der Waals surface area contributed by atoms with E-state index in [0.717, 1.165) is 10.4 Å². The number of allylic oxidation sites excluding steroid dienone is 2. The average molecular weight is 470 g/mol. The fraction of sp³-hybridized carbons (Fsp3) is 0.524. The Morgan fingerprint density at radius 2 is 1.45 bits per heavy atom. The molecule has 0 bridgehead atoms. The zero-order valence-corrected chi connectivity index (χ0v) is 22.7. The van der Waals surface area contributed by atoms with Gasteiger partial charge in [-0.05, 0) is 32.0 Å². The van der Waals surface area contributed by atoms with Crippen LogP contribution >= 0.6 is 0 Å². The number of nitrogens with zero attached hydrogens (tertiary/aromatic N) is 1. The molecule has 0 radical (unpaired) electrons. The third-order valence-electron chi connectivity index (χ3n) is 5.14. The second-order valence-corrected chi connectivity index (χ2v) is 25.6. The smallest absolute Gasteiger partial charge is 0.247 e. The Balaban J connectivity index is 2.81. The van der Waals surface area contributed by atoms with Crippen LogP contribution in [0.2, 0.25) is 39.3 Å². The highest BCUT2D eigenvalue weighted by atomic mass is 32.3. The second-order valence-electron chi connectivity index (χ2n) is 10.7. The molecule has 2 unspecified atom stereocenters. The maximum atomic E-state index is 14.4. The van der Waals surface area contributed by atoms with Crippen LogP contribution in [0.3, 0.4) is 0 Å². The molecule has 2 atom stereocenters. The molecular weight excluding hydrogens is 435 g/mol. The summed E-state index contributed by atoms with van der Waals surface area (Å²) in [5.41, 5.74) is 0. The minimum Gasteiger partial charge on any atom is -0.247 e. The lowest BCUT2D eigenvalue weighted by Gasteiger charge is -2.33. The first-order valence-electron chi connectivity index (χ1n) is 9.91. The van der Waals surface area contributed by atoms with Gasteiger partial charge >= 0.3 is 0 Å². The van der Waals surface area contributed by atoms with Gasteiger partial charge < -0.3 is 0 Å². The van der Waals surface area contributed by atoms with Gasteiger partial charge in [-0.25, -0.2) is 4.21 Å². The number of hydrogen-bond acceptors (Lipinski definition) is 3. The first kappa shape index (κ1) is 24.3. The minimum absolute atomic E-state index is 0.205. The largest absolute Gasteiger partial charge is 0.289 e. The summed E-state index contributed by atoms with van der Waals surface area (Å²) in [5, 5.41) is 1.44. The standard InChI is InChI=1S/C21H35NO3S2Si2/c1-21(2,3)26(23,17-14-12-16-19(17)28(4,5)6)22-27(24,25)18-13-10-11-15-20(18)29(7,8)9/h10-17H,1-9H3. The van der Waals surface area contributed by atoms with E-state index in [1.165, 1.54) is 0 Å². The molecule has 0 aromatic heterocycles. The Labute approximate surface area is 179 Å². The van der Waals surface area contributed by atoms with E-state index < -0.39 is 45.9 Å². The molecule has 4 nitrogen and oxygen atoms in total. The highest BCUT2D eigenvalue weighted by Gasteiger charge is 2.42. The summed E-state index contributed by atoms with van der Waals surface area (Å²) in [4.78, 5) is 0.205. The van der Waals surface area contributed by atoms with Crippen LogP contribution in [0, 0.1) is 0 Å². The molecule has 1 aliphatic carbocycles. The Kier molecular flexibility index (Phi) is 6.39. The van der Waals surface area contributed by atoms with Gasteiger partial charge in [-0.3, -0.25) is 0 Å². The summed E-state index contributed by atoms with van der Waals surface area (Å²) in [6, 6.07) is 7.05. The molecule has 0 spiro atoms. The van der Waals surface area contributed by atoms with E-state index in [-0.39, 0.29) is 4.90 Å². The van der Waals surface area contributed by atoms with E-state index in [1.54, 1.807) is 12.1 Å². The zero-order chi connectivity index (χ0) is 22.5. The molecule has 1 aromatic rings. The summed E-state index contributed by atoms with van der Waals surface area (Å²) in [7, 11) is -11.0. The van der Waals surface area contributed by atoms with Gasteiger partial charge in [-0.1, -0.05) is 80.9 Å². The molecular formula is C21H35NO3S2Si2. The summed E-state index contributed by atoms with van der Waals surface area (Å²) in [6.07, 6.45) is 5.80. The van der Waals surface area contributed by atoms with E-state index in [2.05, 4.69) is 43.1 Å². The zero-order valence-electron chi connectivity index (χ0n) is 19.1. The number of benzene rings is 1. The number of sulfonamides is 1. The summed E-state index contributed by atoms with van der Waals surface area (Å²) >= 11 is 0. The highest BCUT2D eigenvalue weighted by molar-refractivity contribution is 8.04. The second kappa shape index (κ2) is 7.62. The lowest BCUT2D eigenvalue weighted by Crippen LogP contribution is -2.43. The molecule has 2 rings (SSSR count). The monoisotopic (exact) mass is 469 g/mol. The molecule has 0 fully saturated rings. The molecule has 0 N–H and O–H groups in total. The molecule has 162 valence electrons. The van der Waals surface area contributed by atoms with Gasteiger partial charge in [0, 0.05) is 4.75 Å². The van der Waals surface area contributed by atoms with Crippen molar-refractivity contribution in [1.82, 2.24) is 0 Å². The van der Waals surface area contributed by atoms with Crippen LogP contribution in [0.4, 0.5) is 0 Å². The van der Waals surface area contributed by atoms with E-state index in [1.807, 2.05) is 51.1 Å². The van der Waals surface area contributed by atoms with Gasteiger partial charge in [0.2, 0.25) is 0 Å². The molecule has 1 aromatic carbocycles. The predicted octanol–water partition coefficient (Wildman–Crippen LogP) is 4.93. The number of rotatable bonds is 5. The Hall–Kier alpha value is -0.966. The van der Waals surface area contributed by atoms with Crippen molar-refractivity contribution in [2.24, 2.45) is 3.77 Å². The van der Waals surface area contributed by atoms with Gasteiger partial charge in [0.05, 0.1) is 36.0 Å². The van der Waals surface area contributed by atoms with Crippen molar-refractivity contribution < 1.29 is 12.6 Å². The van der Waals surface area contributed by atoms with Crippen molar-refractivity contribution in [3.05, 3.63) is 47.7 Å². The van der Waals surface area contributed by atoms with Crippen LogP contribution in [-0.4, -0.2) is 38.8 Å². The Morgan fingerprint density at radius 1 is 0.897 bits per heavy atom. The van der Waals surface area contributed by atoms with Crippen molar-refractivity contribution in [2.75, 3.05) is 0 Å². The van der Waals surface area contributed by atoms with Crippen molar-refractivity contribution in [2.45, 2.75) is 74.9 Å². The van der Waals surface area contributed by atoms with Gasteiger partial charge in [0.15, 0.2) is 0 Å². The molecule has 1 aliphatic rings. The first-order chi connectivity index (χ1) is 12.9. The van der Waals surface area contributed by atoms with Crippen molar-refractivity contribution in [1.29, 1.82) is 0 Å².